The Hall–Kier alpha value is -1.16. The first-order valence-electron chi connectivity index (χ1n) is 4.62. The van der Waals surface area contributed by atoms with Crippen LogP contribution in [0.3, 0.4) is 0 Å². The second-order valence-corrected chi connectivity index (χ2v) is 3.89. The maximum absolute atomic E-state index is 9.43. The molecule has 1 N–H and O–H groups in total. The predicted octanol–water partition coefficient (Wildman–Crippen LogP) is 1.32. The van der Waals surface area contributed by atoms with Crippen molar-refractivity contribution in [3.05, 3.63) is 18.0 Å². The first-order valence-corrected chi connectivity index (χ1v) is 4.62. The van der Waals surface area contributed by atoms with Gasteiger partial charge in [-0.25, -0.2) is 9.97 Å². The molecular formula is C10H16N2O2. The van der Waals surface area contributed by atoms with Gasteiger partial charge in [0.15, 0.2) is 0 Å². The molecule has 4 heteroatoms. The van der Waals surface area contributed by atoms with E-state index in [1.807, 2.05) is 13.0 Å². The summed E-state index contributed by atoms with van der Waals surface area (Å²) in [5.74, 6) is 0. The van der Waals surface area contributed by atoms with Gasteiger partial charge in [-0.15, -0.1) is 0 Å². The van der Waals surface area contributed by atoms with Crippen molar-refractivity contribution in [3.63, 3.8) is 0 Å². The molecule has 0 radical (unpaired) electrons. The largest absolute Gasteiger partial charge is 0.463 e. The summed E-state index contributed by atoms with van der Waals surface area (Å²) in [6.07, 6.45) is 2.21. The third-order valence-electron chi connectivity index (χ3n) is 1.72. The molecule has 0 aliphatic rings. The van der Waals surface area contributed by atoms with E-state index in [1.54, 1.807) is 20.0 Å². The highest BCUT2D eigenvalue weighted by atomic mass is 16.5. The summed E-state index contributed by atoms with van der Waals surface area (Å²) in [6.45, 7) is 5.79. The quantitative estimate of drug-likeness (QED) is 0.789. The number of aliphatic hydroxyl groups is 1. The van der Waals surface area contributed by atoms with E-state index in [0.29, 0.717) is 19.0 Å². The summed E-state index contributed by atoms with van der Waals surface area (Å²) in [5, 5.41) is 9.43. The summed E-state index contributed by atoms with van der Waals surface area (Å²) in [7, 11) is 0. The van der Waals surface area contributed by atoms with Crippen LogP contribution in [0.2, 0.25) is 0 Å². The van der Waals surface area contributed by atoms with Gasteiger partial charge in [0, 0.05) is 18.3 Å². The van der Waals surface area contributed by atoms with E-state index in [0.717, 1.165) is 5.69 Å². The first kappa shape index (κ1) is 10.9. The molecule has 0 unspecified atom stereocenters. The maximum Gasteiger partial charge on any atom is 0.316 e. The van der Waals surface area contributed by atoms with Gasteiger partial charge in [-0.05, 0) is 26.8 Å². The Bertz CT molecular complexity index is 294. The minimum Gasteiger partial charge on any atom is -0.463 e. The van der Waals surface area contributed by atoms with Gasteiger partial charge in [0.25, 0.3) is 0 Å². The zero-order chi connectivity index (χ0) is 10.6. The standard InChI is InChI=1S/C10H16N2O2/c1-8-4-6-11-9(12-8)14-7-5-10(2,3)13/h4,6,13H,5,7H2,1-3H3. The summed E-state index contributed by atoms with van der Waals surface area (Å²) >= 11 is 0. The third kappa shape index (κ3) is 4.18. The van der Waals surface area contributed by atoms with Gasteiger partial charge in [0.2, 0.25) is 0 Å². The van der Waals surface area contributed by atoms with Gasteiger partial charge in [-0.2, -0.15) is 0 Å². The van der Waals surface area contributed by atoms with Crippen molar-refractivity contribution in [1.82, 2.24) is 9.97 Å². The molecule has 0 aliphatic heterocycles. The topological polar surface area (TPSA) is 55.2 Å². The van der Waals surface area contributed by atoms with Crippen LogP contribution in [0.1, 0.15) is 26.0 Å². The van der Waals surface area contributed by atoms with E-state index in [9.17, 15) is 5.11 Å². The first-order chi connectivity index (χ1) is 6.47. The molecular weight excluding hydrogens is 180 g/mol. The molecule has 0 aliphatic carbocycles. The zero-order valence-corrected chi connectivity index (χ0v) is 8.82. The van der Waals surface area contributed by atoms with Crippen LogP contribution in [0.5, 0.6) is 6.01 Å². The van der Waals surface area contributed by atoms with Crippen molar-refractivity contribution in [1.29, 1.82) is 0 Å². The highest BCUT2D eigenvalue weighted by Crippen LogP contribution is 2.08. The van der Waals surface area contributed by atoms with Crippen molar-refractivity contribution in [2.45, 2.75) is 32.8 Å². The Balaban J connectivity index is 2.39. The molecule has 1 aromatic heterocycles. The lowest BCUT2D eigenvalue weighted by Crippen LogP contribution is -2.22. The van der Waals surface area contributed by atoms with Crippen LogP contribution in [-0.4, -0.2) is 27.3 Å². The Morgan fingerprint density at radius 1 is 1.50 bits per heavy atom. The molecule has 0 atom stereocenters. The number of hydrogen-bond acceptors (Lipinski definition) is 4. The molecule has 1 rings (SSSR count). The van der Waals surface area contributed by atoms with Gasteiger partial charge in [0.1, 0.15) is 0 Å². The summed E-state index contributed by atoms with van der Waals surface area (Å²) < 4.78 is 5.28. The van der Waals surface area contributed by atoms with E-state index < -0.39 is 5.60 Å². The monoisotopic (exact) mass is 196 g/mol. The predicted molar refractivity (Wildman–Crippen MR) is 53.2 cm³/mol. The summed E-state index contributed by atoms with van der Waals surface area (Å²) in [6, 6.07) is 2.18. The highest BCUT2D eigenvalue weighted by Gasteiger charge is 2.12. The van der Waals surface area contributed by atoms with Crippen molar-refractivity contribution < 1.29 is 9.84 Å². The van der Waals surface area contributed by atoms with E-state index in [4.69, 9.17) is 4.74 Å². The fourth-order valence-corrected chi connectivity index (χ4v) is 0.888. The third-order valence-corrected chi connectivity index (χ3v) is 1.72. The van der Waals surface area contributed by atoms with Crippen LogP contribution in [0, 0.1) is 6.92 Å². The lowest BCUT2D eigenvalue weighted by Gasteiger charge is -2.16. The molecule has 14 heavy (non-hydrogen) atoms. The van der Waals surface area contributed by atoms with Crippen molar-refractivity contribution >= 4 is 0 Å². The Morgan fingerprint density at radius 2 is 2.21 bits per heavy atom. The Kier molecular flexibility index (Phi) is 3.41. The molecule has 4 nitrogen and oxygen atoms in total. The van der Waals surface area contributed by atoms with Crippen LogP contribution in [0.15, 0.2) is 12.3 Å². The number of hydrogen-bond donors (Lipinski definition) is 1. The molecule has 0 saturated heterocycles. The molecule has 0 amide bonds. The molecule has 0 aromatic carbocycles. The summed E-state index contributed by atoms with van der Waals surface area (Å²) in [5.41, 5.74) is 0.169. The smallest absolute Gasteiger partial charge is 0.316 e. The lowest BCUT2D eigenvalue weighted by molar-refractivity contribution is 0.0539. The summed E-state index contributed by atoms with van der Waals surface area (Å²) in [4.78, 5) is 8.02. The van der Waals surface area contributed by atoms with Crippen molar-refractivity contribution in [3.8, 4) is 6.01 Å². The highest BCUT2D eigenvalue weighted by molar-refractivity contribution is 5.02. The molecule has 0 spiro atoms. The van der Waals surface area contributed by atoms with E-state index in [2.05, 4.69) is 9.97 Å². The number of nitrogens with zero attached hydrogens (tertiary/aromatic N) is 2. The van der Waals surface area contributed by atoms with Crippen molar-refractivity contribution in [2.24, 2.45) is 0 Å². The molecule has 0 saturated carbocycles. The van der Waals surface area contributed by atoms with Crippen LogP contribution < -0.4 is 4.74 Å². The lowest BCUT2D eigenvalue weighted by atomic mass is 10.1. The average Bonchev–Trinajstić information content (AvgIpc) is 2.01. The zero-order valence-electron chi connectivity index (χ0n) is 8.82. The molecule has 1 heterocycles. The number of aryl methyl sites for hydroxylation is 1. The Morgan fingerprint density at radius 3 is 2.79 bits per heavy atom. The fraction of sp³-hybridized carbons (Fsp3) is 0.600. The number of ether oxygens (including phenoxy) is 1. The normalized spacial score (nSPS) is 11.4. The molecule has 1 aromatic rings. The van der Waals surface area contributed by atoms with Crippen LogP contribution in [-0.2, 0) is 0 Å². The second kappa shape index (κ2) is 4.37. The van der Waals surface area contributed by atoms with Crippen LogP contribution >= 0.6 is 0 Å². The van der Waals surface area contributed by atoms with E-state index in [1.165, 1.54) is 0 Å². The van der Waals surface area contributed by atoms with Crippen LogP contribution in [0.25, 0.3) is 0 Å². The van der Waals surface area contributed by atoms with Gasteiger partial charge in [0.05, 0.1) is 12.2 Å². The number of rotatable bonds is 4. The van der Waals surface area contributed by atoms with Gasteiger partial charge >= 0.3 is 6.01 Å². The van der Waals surface area contributed by atoms with Crippen LogP contribution in [0.4, 0.5) is 0 Å². The van der Waals surface area contributed by atoms with Crippen molar-refractivity contribution in [2.75, 3.05) is 6.61 Å². The minimum absolute atomic E-state index is 0.370. The van der Waals surface area contributed by atoms with E-state index >= 15 is 0 Å². The Labute approximate surface area is 84.0 Å². The van der Waals surface area contributed by atoms with Gasteiger partial charge in [-0.3, -0.25) is 0 Å². The second-order valence-electron chi connectivity index (χ2n) is 3.89. The van der Waals surface area contributed by atoms with Gasteiger partial charge in [-0.1, -0.05) is 0 Å². The average molecular weight is 196 g/mol. The van der Waals surface area contributed by atoms with E-state index in [-0.39, 0.29) is 0 Å². The minimum atomic E-state index is -0.705. The number of aromatic nitrogens is 2. The molecule has 0 bridgehead atoms. The SMILES string of the molecule is Cc1ccnc(OCCC(C)(C)O)n1. The maximum atomic E-state index is 9.43. The molecule has 0 fully saturated rings. The van der Waals surface area contributed by atoms with Gasteiger partial charge < -0.3 is 9.84 Å². The fourth-order valence-electron chi connectivity index (χ4n) is 0.888. The molecule has 78 valence electrons.